The molecule has 32 heavy (non-hydrogen) atoms. The van der Waals surface area contributed by atoms with Crippen molar-refractivity contribution in [3.8, 4) is 11.5 Å². The van der Waals surface area contributed by atoms with Gasteiger partial charge in [-0.3, -0.25) is 0 Å². The van der Waals surface area contributed by atoms with Crippen molar-refractivity contribution in [2.24, 2.45) is 35.5 Å². The Labute approximate surface area is 191 Å². The van der Waals surface area contributed by atoms with E-state index in [2.05, 4.69) is 12.1 Å². The lowest BCUT2D eigenvalue weighted by Crippen LogP contribution is -2.50. The fraction of sp³-hybridized carbons (Fsp3) is 0.667. The molecule has 2 aromatic carbocycles. The maximum absolute atomic E-state index is 11.5. The lowest BCUT2D eigenvalue weighted by Gasteiger charge is -2.59. The number of fused-ring (bicyclic) bond motifs is 1. The third-order valence-corrected chi connectivity index (χ3v) is 11.3. The fourth-order valence-electron chi connectivity index (χ4n) is 11.3. The van der Waals surface area contributed by atoms with Crippen LogP contribution in [0.15, 0.2) is 24.3 Å². The van der Waals surface area contributed by atoms with Crippen molar-refractivity contribution in [2.45, 2.75) is 87.9 Å². The molecular weight excluding hydrogens is 392 g/mol. The summed E-state index contributed by atoms with van der Waals surface area (Å²) in [5.74, 6) is 6.15. The average molecular weight is 429 g/mol. The Kier molecular flexibility index (Phi) is 3.53. The third-order valence-electron chi connectivity index (χ3n) is 11.3. The second-order valence-corrected chi connectivity index (χ2v) is 13.4. The van der Waals surface area contributed by atoms with Crippen LogP contribution < -0.4 is 0 Å². The molecule has 2 heteroatoms. The maximum Gasteiger partial charge on any atom is 0.119 e. The summed E-state index contributed by atoms with van der Waals surface area (Å²) in [4.78, 5) is 0. The summed E-state index contributed by atoms with van der Waals surface area (Å²) in [5, 5.41) is 24.8. The number of phenolic OH excluding ortho intramolecular Hbond substituents is 2. The highest BCUT2D eigenvalue weighted by molar-refractivity contribution is 5.94. The number of hydrogen-bond acceptors (Lipinski definition) is 2. The zero-order chi connectivity index (χ0) is 21.2. The van der Waals surface area contributed by atoms with Gasteiger partial charge >= 0.3 is 0 Å². The van der Waals surface area contributed by atoms with Gasteiger partial charge in [0.15, 0.2) is 0 Å². The fourth-order valence-corrected chi connectivity index (χ4v) is 11.3. The Morgan fingerprint density at radius 1 is 0.594 bits per heavy atom. The molecule has 2 aromatic rings. The molecule has 8 aliphatic carbocycles. The second-order valence-electron chi connectivity index (χ2n) is 13.4. The van der Waals surface area contributed by atoms with Crippen molar-refractivity contribution >= 4 is 10.8 Å². The molecule has 8 fully saturated rings. The summed E-state index contributed by atoms with van der Waals surface area (Å²) in [5.41, 5.74) is 3.08. The molecule has 8 aliphatic rings. The molecule has 8 saturated carbocycles. The maximum atomic E-state index is 11.5. The number of hydrogen-bond donors (Lipinski definition) is 2. The SMILES string of the molecule is Oc1cc(C23CC4CC(CC(C4)C2)C3)c2c(C34CC5CC(CC(C5)C3)C4)c(O)ccc2c1. The normalized spacial score (nSPS) is 45.8. The Balaban J connectivity index is 1.39. The predicted molar refractivity (Wildman–Crippen MR) is 127 cm³/mol. The lowest BCUT2D eigenvalue weighted by atomic mass is 9.46. The van der Waals surface area contributed by atoms with Gasteiger partial charge in [-0.15, -0.1) is 0 Å². The molecule has 2 N–H and O–H groups in total. The molecule has 0 spiro atoms. The van der Waals surface area contributed by atoms with E-state index in [4.69, 9.17) is 0 Å². The third kappa shape index (κ3) is 2.42. The van der Waals surface area contributed by atoms with Crippen LogP contribution in [0.5, 0.6) is 11.5 Å². The van der Waals surface area contributed by atoms with Crippen molar-refractivity contribution < 1.29 is 10.2 Å². The zero-order valence-corrected chi connectivity index (χ0v) is 19.2. The average Bonchev–Trinajstić information content (AvgIpc) is 2.71. The van der Waals surface area contributed by atoms with Gasteiger partial charge in [0.25, 0.3) is 0 Å². The Morgan fingerprint density at radius 3 is 1.56 bits per heavy atom. The summed E-state index contributed by atoms with van der Waals surface area (Å²) in [6.07, 6.45) is 16.3. The van der Waals surface area contributed by atoms with Gasteiger partial charge in [0.05, 0.1) is 0 Å². The smallest absolute Gasteiger partial charge is 0.119 e. The van der Waals surface area contributed by atoms with Gasteiger partial charge in [-0.2, -0.15) is 0 Å². The van der Waals surface area contributed by atoms with Crippen LogP contribution in [0.2, 0.25) is 0 Å². The first-order valence-electron chi connectivity index (χ1n) is 13.5. The molecule has 0 radical (unpaired) electrons. The molecular formula is C30H36O2. The largest absolute Gasteiger partial charge is 0.508 e. The van der Waals surface area contributed by atoms with Gasteiger partial charge in [0, 0.05) is 11.0 Å². The van der Waals surface area contributed by atoms with E-state index in [-0.39, 0.29) is 10.8 Å². The van der Waals surface area contributed by atoms with Crippen molar-refractivity contribution in [2.75, 3.05) is 0 Å². The van der Waals surface area contributed by atoms with Gasteiger partial charge in [-0.1, -0.05) is 6.07 Å². The first kappa shape index (κ1) is 18.7. The molecule has 0 amide bonds. The van der Waals surface area contributed by atoms with Crippen LogP contribution in [0.1, 0.15) is 88.2 Å². The number of rotatable bonds is 2. The van der Waals surface area contributed by atoms with Gasteiger partial charge in [-0.25, -0.2) is 0 Å². The number of phenols is 2. The Morgan fingerprint density at radius 2 is 1.06 bits per heavy atom. The first-order chi connectivity index (χ1) is 15.5. The van der Waals surface area contributed by atoms with Crippen molar-refractivity contribution in [3.05, 3.63) is 35.4 Å². The zero-order valence-electron chi connectivity index (χ0n) is 19.2. The van der Waals surface area contributed by atoms with Crippen molar-refractivity contribution in [3.63, 3.8) is 0 Å². The summed E-state index contributed by atoms with van der Waals surface area (Å²) in [6, 6.07) is 8.14. The van der Waals surface area contributed by atoms with Gasteiger partial charge in [-0.05, 0) is 153 Å². The summed E-state index contributed by atoms with van der Waals surface area (Å²) in [6.45, 7) is 0. The van der Waals surface area contributed by atoms with E-state index in [0.29, 0.717) is 11.5 Å². The van der Waals surface area contributed by atoms with Crippen LogP contribution in [-0.2, 0) is 10.8 Å². The van der Waals surface area contributed by atoms with E-state index in [1.807, 2.05) is 12.1 Å². The Bertz CT molecular complexity index is 1060. The summed E-state index contributed by atoms with van der Waals surface area (Å²) < 4.78 is 0. The van der Waals surface area contributed by atoms with Crippen LogP contribution in [0.25, 0.3) is 10.8 Å². The quantitative estimate of drug-likeness (QED) is 0.531. The van der Waals surface area contributed by atoms with Crippen LogP contribution in [0.3, 0.4) is 0 Å². The molecule has 0 unspecified atom stereocenters. The highest BCUT2D eigenvalue weighted by atomic mass is 16.3. The number of benzene rings is 2. The molecule has 0 saturated heterocycles. The van der Waals surface area contributed by atoms with E-state index >= 15 is 0 Å². The minimum Gasteiger partial charge on any atom is -0.508 e. The minimum atomic E-state index is 0.159. The van der Waals surface area contributed by atoms with Gasteiger partial charge < -0.3 is 10.2 Å². The van der Waals surface area contributed by atoms with Crippen LogP contribution in [0.4, 0.5) is 0 Å². The summed E-state index contributed by atoms with van der Waals surface area (Å²) >= 11 is 0. The molecule has 8 bridgehead atoms. The monoisotopic (exact) mass is 428 g/mol. The first-order valence-corrected chi connectivity index (χ1v) is 13.5. The molecule has 10 rings (SSSR count). The van der Waals surface area contributed by atoms with Crippen LogP contribution >= 0.6 is 0 Å². The van der Waals surface area contributed by atoms with E-state index in [0.717, 1.165) is 35.5 Å². The number of aromatic hydroxyl groups is 2. The molecule has 0 aromatic heterocycles. The standard InChI is InChI=1S/C30H36O2/c31-24-9-23-1-2-26(32)28(30-14-20-6-21(15-30)8-22(7-20)16-30)27(23)25(10-24)29-11-17-3-18(12-29)5-19(4-17)13-29/h1-2,9-10,17-22,31-32H,3-8,11-16H2. The Hall–Kier alpha value is -1.70. The van der Waals surface area contributed by atoms with Crippen molar-refractivity contribution in [1.29, 1.82) is 0 Å². The molecule has 0 heterocycles. The molecule has 2 nitrogen and oxygen atoms in total. The van der Waals surface area contributed by atoms with E-state index in [1.54, 1.807) is 0 Å². The molecule has 0 atom stereocenters. The topological polar surface area (TPSA) is 40.5 Å². The highest BCUT2D eigenvalue weighted by Crippen LogP contribution is 2.65. The van der Waals surface area contributed by atoms with Gasteiger partial charge in [0.1, 0.15) is 11.5 Å². The molecule has 168 valence electrons. The van der Waals surface area contributed by atoms with E-state index in [9.17, 15) is 10.2 Å². The predicted octanol–water partition coefficient (Wildman–Crippen LogP) is 7.19. The second kappa shape index (κ2) is 6.05. The summed E-state index contributed by atoms with van der Waals surface area (Å²) in [7, 11) is 0. The van der Waals surface area contributed by atoms with Crippen molar-refractivity contribution in [1.82, 2.24) is 0 Å². The minimum absolute atomic E-state index is 0.159. The van der Waals surface area contributed by atoms with E-state index in [1.165, 1.54) is 98.9 Å². The van der Waals surface area contributed by atoms with E-state index < -0.39 is 0 Å². The van der Waals surface area contributed by atoms with Gasteiger partial charge in [0.2, 0.25) is 0 Å². The molecule has 0 aliphatic heterocycles. The lowest BCUT2D eigenvalue weighted by molar-refractivity contribution is -0.00737. The van der Waals surface area contributed by atoms with Crippen LogP contribution in [0, 0.1) is 35.5 Å². The van der Waals surface area contributed by atoms with Crippen LogP contribution in [-0.4, -0.2) is 10.2 Å². The highest BCUT2D eigenvalue weighted by Gasteiger charge is 2.55.